The second kappa shape index (κ2) is 6.24. The average Bonchev–Trinajstić information content (AvgIpc) is 2.45. The highest BCUT2D eigenvalue weighted by Crippen LogP contribution is 2.24. The Hall–Kier alpha value is -2.29. The van der Waals surface area contributed by atoms with E-state index in [-0.39, 0.29) is 5.91 Å². The van der Waals surface area contributed by atoms with Crippen LogP contribution in [0.3, 0.4) is 0 Å². The number of anilines is 2. The third-order valence-electron chi connectivity index (χ3n) is 3.18. The molecule has 0 aliphatic carbocycles. The molecule has 0 aromatic heterocycles. The fourth-order valence-corrected chi connectivity index (χ4v) is 2.22. The smallest absolute Gasteiger partial charge is 0.258 e. The first kappa shape index (κ1) is 14.1. The molecule has 0 spiro atoms. The van der Waals surface area contributed by atoms with Gasteiger partial charge in [-0.3, -0.25) is 4.79 Å². The van der Waals surface area contributed by atoms with E-state index in [0.717, 1.165) is 17.7 Å². The molecule has 2 aromatic rings. The van der Waals surface area contributed by atoms with Crippen LogP contribution in [0.1, 0.15) is 29.3 Å². The largest absolute Gasteiger partial charge is 0.397 e. The molecule has 0 radical (unpaired) electrons. The first-order valence-corrected chi connectivity index (χ1v) is 6.86. The molecule has 2 rings (SSSR count). The van der Waals surface area contributed by atoms with Crippen molar-refractivity contribution in [2.24, 2.45) is 0 Å². The van der Waals surface area contributed by atoms with Crippen LogP contribution in [-0.2, 0) is 0 Å². The molecule has 2 N–H and O–H groups in total. The number of hydrogen-bond donors (Lipinski definition) is 1. The van der Waals surface area contributed by atoms with E-state index in [9.17, 15) is 4.79 Å². The summed E-state index contributed by atoms with van der Waals surface area (Å²) in [5.74, 6) is -0.00606. The SMILES string of the molecule is CCCN(C(=O)c1cccc(C)c1)c1ccccc1N. The summed E-state index contributed by atoms with van der Waals surface area (Å²) in [6, 6.07) is 15.1. The van der Waals surface area contributed by atoms with Gasteiger partial charge in [0.05, 0.1) is 11.4 Å². The van der Waals surface area contributed by atoms with Gasteiger partial charge in [-0.05, 0) is 37.6 Å². The number of hydrogen-bond acceptors (Lipinski definition) is 2. The Labute approximate surface area is 120 Å². The van der Waals surface area contributed by atoms with Crippen molar-refractivity contribution < 1.29 is 4.79 Å². The number of nitrogen functional groups attached to an aromatic ring is 1. The van der Waals surface area contributed by atoms with Crippen LogP contribution < -0.4 is 10.6 Å². The number of nitrogens with two attached hydrogens (primary N) is 1. The van der Waals surface area contributed by atoms with Gasteiger partial charge in [-0.1, -0.05) is 36.8 Å². The predicted molar refractivity (Wildman–Crippen MR) is 84.0 cm³/mol. The molecular weight excluding hydrogens is 248 g/mol. The Bertz CT molecular complexity index is 607. The lowest BCUT2D eigenvalue weighted by Crippen LogP contribution is -2.32. The van der Waals surface area contributed by atoms with Crippen LogP contribution in [0.2, 0.25) is 0 Å². The van der Waals surface area contributed by atoms with Gasteiger partial charge in [0.25, 0.3) is 5.91 Å². The normalized spacial score (nSPS) is 10.3. The molecule has 2 aromatic carbocycles. The van der Waals surface area contributed by atoms with Gasteiger partial charge >= 0.3 is 0 Å². The van der Waals surface area contributed by atoms with E-state index in [4.69, 9.17) is 5.73 Å². The maximum atomic E-state index is 12.7. The van der Waals surface area contributed by atoms with Gasteiger partial charge in [0.2, 0.25) is 0 Å². The number of rotatable bonds is 4. The van der Waals surface area contributed by atoms with Gasteiger partial charge in [-0.2, -0.15) is 0 Å². The Balaban J connectivity index is 2.39. The summed E-state index contributed by atoms with van der Waals surface area (Å²) in [4.78, 5) is 14.5. The number of benzene rings is 2. The molecule has 3 heteroatoms. The first-order valence-electron chi connectivity index (χ1n) is 6.86. The third-order valence-corrected chi connectivity index (χ3v) is 3.18. The van der Waals surface area contributed by atoms with Crippen molar-refractivity contribution in [3.8, 4) is 0 Å². The maximum Gasteiger partial charge on any atom is 0.258 e. The number of amides is 1. The Morgan fingerprint density at radius 3 is 2.55 bits per heavy atom. The van der Waals surface area contributed by atoms with Gasteiger partial charge in [0.15, 0.2) is 0 Å². The molecule has 0 atom stereocenters. The van der Waals surface area contributed by atoms with Crippen LogP contribution >= 0.6 is 0 Å². The summed E-state index contributed by atoms with van der Waals surface area (Å²) in [7, 11) is 0. The highest BCUT2D eigenvalue weighted by atomic mass is 16.2. The quantitative estimate of drug-likeness (QED) is 0.861. The van der Waals surface area contributed by atoms with E-state index < -0.39 is 0 Å². The fraction of sp³-hybridized carbons (Fsp3) is 0.235. The van der Waals surface area contributed by atoms with E-state index in [1.165, 1.54) is 0 Å². The summed E-state index contributed by atoms with van der Waals surface area (Å²) in [6.07, 6.45) is 0.881. The number of para-hydroxylation sites is 2. The summed E-state index contributed by atoms with van der Waals surface area (Å²) < 4.78 is 0. The standard InChI is InChI=1S/C17H20N2O/c1-3-11-19(16-10-5-4-9-15(16)18)17(20)14-8-6-7-13(2)12-14/h4-10,12H,3,11,18H2,1-2H3. The number of carbonyl (C=O) groups is 1. The van der Waals surface area contributed by atoms with Crippen LogP contribution in [0.15, 0.2) is 48.5 Å². The van der Waals surface area contributed by atoms with Crippen molar-refractivity contribution in [1.29, 1.82) is 0 Å². The van der Waals surface area contributed by atoms with Gasteiger partial charge in [-0.15, -0.1) is 0 Å². The lowest BCUT2D eigenvalue weighted by atomic mass is 10.1. The lowest BCUT2D eigenvalue weighted by molar-refractivity contribution is 0.0987. The molecular formula is C17H20N2O. The van der Waals surface area contributed by atoms with Crippen molar-refractivity contribution >= 4 is 17.3 Å². The number of carbonyl (C=O) groups excluding carboxylic acids is 1. The van der Waals surface area contributed by atoms with Gasteiger partial charge in [0, 0.05) is 12.1 Å². The molecule has 0 heterocycles. The number of aryl methyl sites for hydroxylation is 1. The van der Waals surface area contributed by atoms with E-state index in [1.807, 2.05) is 55.5 Å². The molecule has 0 fully saturated rings. The molecule has 0 unspecified atom stereocenters. The fourth-order valence-electron chi connectivity index (χ4n) is 2.22. The summed E-state index contributed by atoms with van der Waals surface area (Å²) in [5, 5.41) is 0. The van der Waals surface area contributed by atoms with Gasteiger partial charge in [-0.25, -0.2) is 0 Å². The highest BCUT2D eigenvalue weighted by molar-refractivity contribution is 6.07. The first-order chi connectivity index (χ1) is 9.63. The molecule has 0 aliphatic heterocycles. The van der Waals surface area contributed by atoms with Gasteiger partial charge in [0.1, 0.15) is 0 Å². The monoisotopic (exact) mass is 268 g/mol. The van der Waals surface area contributed by atoms with Crippen LogP contribution in [0.25, 0.3) is 0 Å². The molecule has 0 saturated carbocycles. The Morgan fingerprint density at radius 1 is 1.15 bits per heavy atom. The van der Waals surface area contributed by atoms with E-state index in [0.29, 0.717) is 17.8 Å². The second-order valence-corrected chi connectivity index (χ2v) is 4.89. The van der Waals surface area contributed by atoms with Crippen molar-refractivity contribution in [2.45, 2.75) is 20.3 Å². The maximum absolute atomic E-state index is 12.7. The minimum absolute atomic E-state index is 0.00606. The van der Waals surface area contributed by atoms with E-state index >= 15 is 0 Å². The molecule has 20 heavy (non-hydrogen) atoms. The Kier molecular flexibility index (Phi) is 4.41. The summed E-state index contributed by atoms with van der Waals surface area (Å²) >= 11 is 0. The van der Waals surface area contributed by atoms with Crippen LogP contribution in [0.4, 0.5) is 11.4 Å². The Morgan fingerprint density at radius 2 is 1.90 bits per heavy atom. The number of nitrogens with zero attached hydrogens (tertiary/aromatic N) is 1. The third kappa shape index (κ3) is 2.99. The minimum Gasteiger partial charge on any atom is -0.397 e. The molecule has 0 aliphatic rings. The highest BCUT2D eigenvalue weighted by Gasteiger charge is 2.18. The predicted octanol–water partition coefficient (Wildman–Crippen LogP) is 3.63. The molecule has 104 valence electrons. The molecule has 0 bridgehead atoms. The van der Waals surface area contributed by atoms with Gasteiger partial charge < -0.3 is 10.6 Å². The topological polar surface area (TPSA) is 46.3 Å². The minimum atomic E-state index is -0.00606. The van der Waals surface area contributed by atoms with Crippen molar-refractivity contribution in [2.75, 3.05) is 17.2 Å². The molecule has 3 nitrogen and oxygen atoms in total. The van der Waals surface area contributed by atoms with Crippen LogP contribution in [0, 0.1) is 6.92 Å². The van der Waals surface area contributed by atoms with Crippen molar-refractivity contribution in [1.82, 2.24) is 0 Å². The zero-order valence-electron chi connectivity index (χ0n) is 12.0. The van der Waals surface area contributed by atoms with Crippen LogP contribution in [-0.4, -0.2) is 12.5 Å². The molecule has 0 saturated heterocycles. The lowest BCUT2D eigenvalue weighted by Gasteiger charge is -2.24. The van der Waals surface area contributed by atoms with Crippen LogP contribution in [0.5, 0.6) is 0 Å². The zero-order valence-corrected chi connectivity index (χ0v) is 12.0. The molecule has 1 amide bonds. The van der Waals surface area contributed by atoms with Crippen molar-refractivity contribution in [3.05, 3.63) is 59.7 Å². The van der Waals surface area contributed by atoms with E-state index in [2.05, 4.69) is 6.92 Å². The summed E-state index contributed by atoms with van der Waals surface area (Å²) in [5.41, 5.74) is 9.18. The zero-order chi connectivity index (χ0) is 14.5. The van der Waals surface area contributed by atoms with E-state index in [1.54, 1.807) is 4.90 Å². The van der Waals surface area contributed by atoms with Crippen molar-refractivity contribution in [3.63, 3.8) is 0 Å². The second-order valence-electron chi connectivity index (χ2n) is 4.89. The summed E-state index contributed by atoms with van der Waals surface area (Å²) in [6.45, 7) is 4.69. The average molecular weight is 268 g/mol.